The number of rotatable bonds is 4. The van der Waals surface area contributed by atoms with Crippen molar-refractivity contribution in [3.05, 3.63) is 15.3 Å². The van der Waals surface area contributed by atoms with E-state index < -0.39 is 0 Å². The van der Waals surface area contributed by atoms with Crippen LogP contribution in [0.1, 0.15) is 19.4 Å². The summed E-state index contributed by atoms with van der Waals surface area (Å²) in [5, 5.41) is 5.03. The van der Waals surface area contributed by atoms with Crippen molar-refractivity contribution >= 4 is 12.2 Å². The number of nitrogens with one attached hydrogen (secondary N) is 2. The third-order valence-electron chi connectivity index (χ3n) is 1.91. The first kappa shape index (κ1) is 10.2. The van der Waals surface area contributed by atoms with Gasteiger partial charge < -0.3 is 4.74 Å². The number of aromatic nitrogens is 3. The van der Waals surface area contributed by atoms with Gasteiger partial charge in [-0.1, -0.05) is 6.92 Å². The molecule has 0 saturated heterocycles. The predicted octanol–water partition coefficient (Wildman–Crippen LogP) is 0.831. The first-order valence-electron chi connectivity index (χ1n) is 4.08. The Labute approximate surface area is 80.7 Å². The van der Waals surface area contributed by atoms with E-state index in [2.05, 4.69) is 10.2 Å². The van der Waals surface area contributed by atoms with E-state index in [1.807, 2.05) is 6.92 Å². The van der Waals surface area contributed by atoms with Gasteiger partial charge in [-0.25, -0.2) is 9.89 Å². The predicted molar refractivity (Wildman–Crippen MR) is 51.4 cm³/mol. The van der Waals surface area contributed by atoms with Gasteiger partial charge in [0.1, 0.15) is 0 Å². The summed E-state index contributed by atoms with van der Waals surface area (Å²) in [6, 6.07) is 0.00694. The van der Waals surface area contributed by atoms with Crippen LogP contribution in [0.5, 0.6) is 0 Å². The highest BCUT2D eigenvalue weighted by Crippen LogP contribution is 2.08. The molecule has 0 amide bonds. The average molecular weight is 203 g/mol. The lowest BCUT2D eigenvalue weighted by molar-refractivity contribution is 0.151. The molecular formula is C7H13N3O2S. The molecule has 0 aliphatic carbocycles. The first-order chi connectivity index (χ1) is 6.20. The lowest BCUT2D eigenvalue weighted by atomic mass is 10.2. The summed E-state index contributed by atoms with van der Waals surface area (Å²) in [7, 11) is 1.60. The molecule has 74 valence electrons. The van der Waals surface area contributed by atoms with Crippen LogP contribution in [-0.2, 0) is 4.74 Å². The van der Waals surface area contributed by atoms with E-state index in [1.165, 1.54) is 4.57 Å². The zero-order chi connectivity index (χ0) is 9.84. The molecule has 1 heterocycles. The van der Waals surface area contributed by atoms with Crippen LogP contribution in [0.4, 0.5) is 0 Å². The fourth-order valence-corrected chi connectivity index (χ4v) is 1.50. The topological polar surface area (TPSA) is 62.8 Å². The summed E-state index contributed by atoms with van der Waals surface area (Å²) in [6.07, 6.45) is 0.809. The number of aromatic amines is 2. The highest BCUT2D eigenvalue weighted by molar-refractivity contribution is 7.71. The molecule has 0 saturated carbocycles. The van der Waals surface area contributed by atoms with Gasteiger partial charge in [0.15, 0.2) is 4.77 Å². The van der Waals surface area contributed by atoms with E-state index in [1.54, 1.807) is 7.11 Å². The molecule has 0 aromatic carbocycles. The Bertz CT molecular complexity index is 337. The minimum absolute atomic E-state index is 0.00694. The zero-order valence-electron chi connectivity index (χ0n) is 7.66. The molecule has 0 fully saturated rings. The summed E-state index contributed by atoms with van der Waals surface area (Å²) >= 11 is 4.95. The molecule has 2 N–H and O–H groups in total. The van der Waals surface area contributed by atoms with Crippen molar-refractivity contribution in [3.8, 4) is 0 Å². The SMILES string of the molecule is CCC(COC)n1c(=O)[nH][nH]c1=S. The second kappa shape index (κ2) is 4.38. The van der Waals surface area contributed by atoms with E-state index in [9.17, 15) is 4.79 Å². The van der Waals surface area contributed by atoms with Crippen molar-refractivity contribution in [1.29, 1.82) is 0 Å². The number of ether oxygens (including phenoxy) is 1. The van der Waals surface area contributed by atoms with Gasteiger partial charge in [-0.3, -0.25) is 9.67 Å². The molecule has 1 unspecified atom stereocenters. The van der Waals surface area contributed by atoms with Crippen molar-refractivity contribution in [2.45, 2.75) is 19.4 Å². The Hall–Kier alpha value is -0.880. The van der Waals surface area contributed by atoms with Gasteiger partial charge in [-0.05, 0) is 18.6 Å². The highest BCUT2D eigenvalue weighted by Gasteiger charge is 2.12. The summed E-state index contributed by atoms with van der Waals surface area (Å²) in [5.41, 5.74) is -0.214. The molecule has 0 aliphatic heterocycles. The van der Waals surface area contributed by atoms with Gasteiger partial charge >= 0.3 is 5.69 Å². The fourth-order valence-electron chi connectivity index (χ4n) is 1.22. The zero-order valence-corrected chi connectivity index (χ0v) is 8.48. The van der Waals surface area contributed by atoms with Gasteiger partial charge in [-0.15, -0.1) is 0 Å². The molecule has 1 aromatic rings. The molecule has 5 nitrogen and oxygen atoms in total. The number of methoxy groups -OCH3 is 1. The molecular weight excluding hydrogens is 190 g/mol. The Kier molecular flexibility index (Phi) is 3.44. The van der Waals surface area contributed by atoms with Crippen molar-refractivity contribution in [2.75, 3.05) is 13.7 Å². The lowest BCUT2D eigenvalue weighted by Gasteiger charge is -2.13. The maximum atomic E-state index is 11.3. The van der Waals surface area contributed by atoms with Gasteiger partial charge in [0.05, 0.1) is 12.6 Å². The smallest absolute Gasteiger partial charge is 0.342 e. The van der Waals surface area contributed by atoms with Crippen LogP contribution in [0.25, 0.3) is 0 Å². The molecule has 1 atom stereocenters. The monoisotopic (exact) mass is 203 g/mol. The van der Waals surface area contributed by atoms with Crippen LogP contribution in [0.2, 0.25) is 0 Å². The lowest BCUT2D eigenvalue weighted by Crippen LogP contribution is -2.25. The largest absolute Gasteiger partial charge is 0.383 e. The van der Waals surface area contributed by atoms with Gasteiger partial charge in [0.2, 0.25) is 0 Å². The van der Waals surface area contributed by atoms with Gasteiger partial charge in [0.25, 0.3) is 0 Å². The Morgan fingerprint density at radius 1 is 1.62 bits per heavy atom. The minimum Gasteiger partial charge on any atom is -0.383 e. The van der Waals surface area contributed by atoms with Crippen LogP contribution in [0, 0.1) is 4.77 Å². The number of hydrogen-bond donors (Lipinski definition) is 2. The van der Waals surface area contributed by atoms with Crippen molar-refractivity contribution in [3.63, 3.8) is 0 Å². The second-order valence-corrected chi connectivity index (χ2v) is 3.13. The molecule has 0 radical (unpaired) electrons. The molecule has 0 spiro atoms. The Morgan fingerprint density at radius 2 is 2.31 bits per heavy atom. The van der Waals surface area contributed by atoms with Gasteiger partial charge in [-0.2, -0.15) is 0 Å². The second-order valence-electron chi connectivity index (χ2n) is 2.75. The molecule has 1 aromatic heterocycles. The van der Waals surface area contributed by atoms with Crippen LogP contribution >= 0.6 is 12.2 Å². The number of H-pyrrole nitrogens is 2. The Balaban J connectivity index is 3.03. The molecule has 6 heteroatoms. The summed E-state index contributed by atoms with van der Waals surface area (Å²) in [4.78, 5) is 11.3. The van der Waals surface area contributed by atoms with Crippen LogP contribution < -0.4 is 5.69 Å². The van der Waals surface area contributed by atoms with Crippen molar-refractivity contribution in [1.82, 2.24) is 14.8 Å². The third-order valence-corrected chi connectivity index (χ3v) is 2.21. The van der Waals surface area contributed by atoms with Crippen LogP contribution in [0.3, 0.4) is 0 Å². The quantitative estimate of drug-likeness (QED) is 0.712. The van der Waals surface area contributed by atoms with E-state index in [4.69, 9.17) is 17.0 Å². The molecule has 1 rings (SSSR count). The van der Waals surface area contributed by atoms with Crippen molar-refractivity contribution < 1.29 is 4.74 Å². The highest BCUT2D eigenvalue weighted by atomic mass is 32.1. The van der Waals surface area contributed by atoms with E-state index in [-0.39, 0.29) is 11.7 Å². The van der Waals surface area contributed by atoms with Crippen molar-refractivity contribution in [2.24, 2.45) is 0 Å². The normalized spacial score (nSPS) is 13.1. The van der Waals surface area contributed by atoms with Crippen LogP contribution in [0.15, 0.2) is 4.79 Å². The summed E-state index contributed by atoms with van der Waals surface area (Å²) in [6.45, 7) is 2.48. The van der Waals surface area contributed by atoms with E-state index in [0.29, 0.717) is 11.4 Å². The first-order valence-corrected chi connectivity index (χ1v) is 4.49. The van der Waals surface area contributed by atoms with E-state index in [0.717, 1.165) is 6.42 Å². The number of hydrogen-bond acceptors (Lipinski definition) is 3. The minimum atomic E-state index is -0.214. The maximum absolute atomic E-state index is 11.3. The molecule has 13 heavy (non-hydrogen) atoms. The maximum Gasteiger partial charge on any atom is 0.342 e. The average Bonchev–Trinajstić information content (AvgIpc) is 2.43. The van der Waals surface area contributed by atoms with Crippen LogP contribution in [-0.4, -0.2) is 28.5 Å². The third kappa shape index (κ3) is 2.07. The number of nitrogens with zero attached hydrogens (tertiary/aromatic N) is 1. The molecule has 0 aliphatic rings. The summed E-state index contributed by atoms with van der Waals surface area (Å²) < 4.78 is 6.90. The fraction of sp³-hybridized carbons (Fsp3) is 0.714. The standard InChI is InChI=1S/C7H13N3O2S/c1-3-5(4-12-2)10-6(11)8-9-7(10)13/h5H,3-4H2,1-2H3,(H,8,11)(H,9,13). The molecule has 0 bridgehead atoms. The van der Waals surface area contributed by atoms with E-state index >= 15 is 0 Å². The summed E-state index contributed by atoms with van der Waals surface area (Å²) in [5.74, 6) is 0. The van der Waals surface area contributed by atoms with Gasteiger partial charge in [0, 0.05) is 7.11 Å². The Morgan fingerprint density at radius 3 is 2.69 bits per heavy atom.